The Bertz CT molecular complexity index is 1030. The molecule has 6 heteroatoms. The number of aromatic nitrogens is 1. The van der Waals surface area contributed by atoms with E-state index in [0.29, 0.717) is 26.3 Å². The molecule has 1 aliphatic heterocycles. The summed E-state index contributed by atoms with van der Waals surface area (Å²) < 4.78 is 11.7. The predicted molar refractivity (Wildman–Crippen MR) is 136 cm³/mol. The second kappa shape index (κ2) is 11.6. The normalized spacial score (nSPS) is 14.9. The van der Waals surface area contributed by atoms with Crippen molar-refractivity contribution in [1.82, 2.24) is 10.1 Å². The number of aryl methyl sites for hydroxylation is 1. The highest BCUT2D eigenvalue weighted by Gasteiger charge is 2.27. The van der Waals surface area contributed by atoms with Crippen LogP contribution < -0.4 is 4.90 Å². The summed E-state index contributed by atoms with van der Waals surface area (Å²) in [7, 11) is 0. The van der Waals surface area contributed by atoms with Crippen LogP contribution >= 0.6 is 0 Å². The molecule has 0 amide bonds. The summed E-state index contributed by atoms with van der Waals surface area (Å²) in [6.07, 6.45) is 1.76. The number of aliphatic hydroxyl groups is 1. The van der Waals surface area contributed by atoms with Crippen molar-refractivity contribution in [3.8, 4) is 11.3 Å². The third-order valence-electron chi connectivity index (χ3n) is 6.41. The van der Waals surface area contributed by atoms with E-state index in [1.54, 1.807) is 0 Å². The van der Waals surface area contributed by atoms with Gasteiger partial charge >= 0.3 is 0 Å². The number of ether oxygens (including phenoxy) is 1. The van der Waals surface area contributed by atoms with E-state index in [4.69, 9.17) is 9.26 Å². The van der Waals surface area contributed by atoms with Gasteiger partial charge in [0.05, 0.1) is 24.9 Å². The molecule has 1 fully saturated rings. The van der Waals surface area contributed by atoms with Crippen molar-refractivity contribution in [2.24, 2.45) is 0 Å². The first-order valence-electron chi connectivity index (χ1n) is 12.4. The van der Waals surface area contributed by atoms with Crippen molar-refractivity contribution in [2.45, 2.75) is 58.9 Å². The Morgan fingerprint density at radius 1 is 1.09 bits per heavy atom. The first-order chi connectivity index (χ1) is 16.5. The van der Waals surface area contributed by atoms with E-state index < -0.39 is 6.10 Å². The number of aliphatic hydroxyl groups excluding tert-OH is 1. The van der Waals surface area contributed by atoms with Gasteiger partial charge in [-0.1, -0.05) is 59.3 Å². The fourth-order valence-corrected chi connectivity index (χ4v) is 4.50. The Morgan fingerprint density at radius 2 is 1.85 bits per heavy atom. The number of hydrogen-bond donors (Lipinski definition) is 1. The maximum Gasteiger partial charge on any atom is 0.232 e. The van der Waals surface area contributed by atoms with Gasteiger partial charge in [0.25, 0.3) is 0 Å². The molecule has 2 aromatic carbocycles. The highest BCUT2D eigenvalue weighted by atomic mass is 16.5. The molecule has 1 unspecified atom stereocenters. The maximum absolute atomic E-state index is 10.8. The van der Waals surface area contributed by atoms with Gasteiger partial charge in [0.15, 0.2) is 0 Å². The minimum Gasteiger partial charge on any atom is -0.389 e. The SMILES string of the molecule is Cc1cccc(-c2noc(N3CCCC3)c2CN(CC(O)COCc2ccccc2)C(C)C)c1. The van der Waals surface area contributed by atoms with Gasteiger partial charge < -0.3 is 19.3 Å². The molecule has 4 rings (SSSR count). The molecule has 1 aromatic heterocycles. The van der Waals surface area contributed by atoms with Crippen LogP contribution in [-0.4, -0.2) is 53.6 Å². The van der Waals surface area contributed by atoms with Crippen LogP contribution in [0.1, 0.15) is 43.4 Å². The standard InChI is InChI=1S/C28H37N3O3/c1-21(2)31(17-25(32)20-33-19-23-11-5-4-6-12-23)18-26-27(24-13-9-10-22(3)16-24)29-34-28(26)30-14-7-8-15-30/h4-6,9-13,16,21,25,32H,7-8,14-15,17-20H2,1-3H3. The van der Waals surface area contributed by atoms with E-state index in [9.17, 15) is 5.11 Å². The molecule has 34 heavy (non-hydrogen) atoms. The fourth-order valence-electron chi connectivity index (χ4n) is 4.50. The van der Waals surface area contributed by atoms with E-state index in [0.717, 1.165) is 41.4 Å². The topological polar surface area (TPSA) is 62.0 Å². The van der Waals surface area contributed by atoms with Gasteiger partial charge in [-0.2, -0.15) is 0 Å². The van der Waals surface area contributed by atoms with Gasteiger partial charge in [-0.3, -0.25) is 4.90 Å². The number of nitrogens with zero attached hydrogens (tertiary/aromatic N) is 3. The van der Waals surface area contributed by atoms with Crippen LogP contribution in [0.3, 0.4) is 0 Å². The van der Waals surface area contributed by atoms with Crippen molar-refractivity contribution in [3.63, 3.8) is 0 Å². The number of benzene rings is 2. The Kier molecular flexibility index (Phi) is 8.38. The molecule has 0 radical (unpaired) electrons. The molecule has 182 valence electrons. The van der Waals surface area contributed by atoms with Crippen LogP contribution in [0.25, 0.3) is 11.3 Å². The highest BCUT2D eigenvalue weighted by molar-refractivity contribution is 5.69. The lowest BCUT2D eigenvalue weighted by Gasteiger charge is -2.29. The fraction of sp³-hybridized carbons (Fsp3) is 0.464. The zero-order valence-corrected chi connectivity index (χ0v) is 20.6. The van der Waals surface area contributed by atoms with E-state index in [2.05, 4.69) is 60.0 Å². The molecule has 6 nitrogen and oxygen atoms in total. The highest BCUT2D eigenvalue weighted by Crippen LogP contribution is 2.34. The first kappa shape index (κ1) is 24.5. The monoisotopic (exact) mass is 463 g/mol. The van der Waals surface area contributed by atoms with Crippen LogP contribution in [-0.2, 0) is 17.9 Å². The summed E-state index contributed by atoms with van der Waals surface area (Å²) in [5.41, 5.74) is 5.36. The molecule has 1 saturated heterocycles. The molecule has 0 saturated carbocycles. The lowest BCUT2D eigenvalue weighted by atomic mass is 10.0. The van der Waals surface area contributed by atoms with Crippen molar-refractivity contribution < 1.29 is 14.4 Å². The van der Waals surface area contributed by atoms with Gasteiger partial charge in [-0.15, -0.1) is 0 Å². The molecular formula is C28H37N3O3. The summed E-state index contributed by atoms with van der Waals surface area (Å²) in [5.74, 6) is 0.870. The molecule has 0 aliphatic carbocycles. The minimum absolute atomic E-state index is 0.246. The van der Waals surface area contributed by atoms with Crippen molar-refractivity contribution >= 4 is 5.88 Å². The van der Waals surface area contributed by atoms with E-state index in [-0.39, 0.29) is 6.04 Å². The van der Waals surface area contributed by atoms with E-state index in [1.807, 2.05) is 30.3 Å². The number of hydrogen-bond acceptors (Lipinski definition) is 6. The number of rotatable bonds is 11. The lowest BCUT2D eigenvalue weighted by Crippen LogP contribution is -2.39. The van der Waals surface area contributed by atoms with Crippen LogP contribution in [0.4, 0.5) is 5.88 Å². The van der Waals surface area contributed by atoms with Crippen molar-refractivity contribution in [1.29, 1.82) is 0 Å². The van der Waals surface area contributed by atoms with Gasteiger partial charge in [0.1, 0.15) is 5.69 Å². The van der Waals surface area contributed by atoms with Crippen molar-refractivity contribution in [2.75, 3.05) is 31.1 Å². The van der Waals surface area contributed by atoms with Crippen LogP contribution in [0.15, 0.2) is 59.1 Å². The van der Waals surface area contributed by atoms with Gasteiger partial charge in [-0.05, 0) is 45.2 Å². The Morgan fingerprint density at radius 3 is 2.56 bits per heavy atom. The summed E-state index contributed by atoms with van der Waals surface area (Å²) in [4.78, 5) is 4.58. The molecule has 1 atom stereocenters. The summed E-state index contributed by atoms with van der Waals surface area (Å²) in [5, 5.41) is 15.3. The van der Waals surface area contributed by atoms with Crippen LogP contribution in [0, 0.1) is 6.92 Å². The van der Waals surface area contributed by atoms with Crippen LogP contribution in [0.2, 0.25) is 0 Å². The quantitative estimate of drug-likeness (QED) is 0.430. The molecule has 0 spiro atoms. The predicted octanol–water partition coefficient (Wildman–Crippen LogP) is 5.04. The molecule has 2 heterocycles. The molecule has 1 aliphatic rings. The zero-order valence-electron chi connectivity index (χ0n) is 20.6. The Hall–Kier alpha value is -2.67. The van der Waals surface area contributed by atoms with E-state index in [1.165, 1.54) is 18.4 Å². The molecule has 1 N–H and O–H groups in total. The van der Waals surface area contributed by atoms with Crippen molar-refractivity contribution in [3.05, 3.63) is 71.3 Å². The zero-order chi connectivity index (χ0) is 23.9. The maximum atomic E-state index is 10.8. The lowest BCUT2D eigenvalue weighted by molar-refractivity contribution is 0.00316. The Balaban J connectivity index is 1.49. The smallest absolute Gasteiger partial charge is 0.232 e. The molecule has 0 bridgehead atoms. The van der Waals surface area contributed by atoms with E-state index >= 15 is 0 Å². The summed E-state index contributed by atoms with van der Waals surface area (Å²) in [6.45, 7) is 10.4. The minimum atomic E-state index is -0.580. The van der Waals surface area contributed by atoms with Gasteiger partial charge in [0.2, 0.25) is 5.88 Å². The average molecular weight is 464 g/mol. The largest absolute Gasteiger partial charge is 0.389 e. The second-order valence-electron chi connectivity index (χ2n) is 9.56. The number of anilines is 1. The van der Waals surface area contributed by atoms with Crippen LogP contribution in [0.5, 0.6) is 0 Å². The molecular weight excluding hydrogens is 426 g/mol. The summed E-state index contributed by atoms with van der Waals surface area (Å²) >= 11 is 0. The third kappa shape index (κ3) is 6.26. The average Bonchev–Trinajstić information content (AvgIpc) is 3.49. The van der Waals surface area contributed by atoms with Gasteiger partial charge in [0, 0.05) is 37.8 Å². The molecule has 3 aromatic rings. The second-order valence-corrected chi connectivity index (χ2v) is 9.56. The third-order valence-corrected chi connectivity index (χ3v) is 6.41. The first-order valence-corrected chi connectivity index (χ1v) is 12.4. The van der Waals surface area contributed by atoms with Gasteiger partial charge in [-0.25, -0.2) is 0 Å². The summed E-state index contributed by atoms with van der Waals surface area (Å²) in [6, 6.07) is 18.7. The Labute approximate surface area is 203 Å².